The zero-order valence-electron chi connectivity index (χ0n) is 12.5. The normalized spacial score (nSPS) is 13.2. The molecular formula is C16H14BrClN2O4. The Morgan fingerprint density at radius 1 is 1.29 bits per heavy atom. The van der Waals surface area contributed by atoms with Crippen molar-refractivity contribution in [3.05, 3.63) is 49.8 Å². The van der Waals surface area contributed by atoms with Crippen molar-refractivity contribution in [3.8, 4) is 11.5 Å². The maximum atomic E-state index is 12.2. The minimum Gasteiger partial charge on any atom is -0.489 e. The lowest BCUT2D eigenvalue weighted by atomic mass is 10.1. The maximum Gasteiger partial charge on any atom is 0.271 e. The first-order valence-corrected chi connectivity index (χ1v) is 8.46. The number of carbonyl (C=O) groups excluding carboxylic acids is 1. The highest BCUT2D eigenvalue weighted by Gasteiger charge is 2.17. The third-order valence-electron chi connectivity index (χ3n) is 3.37. The molecule has 24 heavy (non-hydrogen) atoms. The molecule has 2 aromatic rings. The van der Waals surface area contributed by atoms with Gasteiger partial charge in [0.1, 0.15) is 5.69 Å². The quantitative estimate of drug-likeness (QED) is 0.810. The summed E-state index contributed by atoms with van der Waals surface area (Å²) >= 11 is 9.45. The molecule has 0 saturated carbocycles. The van der Waals surface area contributed by atoms with E-state index in [0.717, 1.165) is 6.42 Å². The Bertz CT molecular complexity index is 837. The first-order chi connectivity index (χ1) is 11.5. The van der Waals surface area contributed by atoms with Crippen molar-refractivity contribution in [3.63, 3.8) is 0 Å². The number of rotatable bonds is 3. The molecule has 3 rings (SSSR count). The van der Waals surface area contributed by atoms with Gasteiger partial charge in [0, 0.05) is 17.1 Å². The molecule has 1 aliphatic rings. The summed E-state index contributed by atoms with van der Waals surface area (Å²) in [6.45, 7) is 1.07. The number of halogens is 2. The molecule has 1 aromatic carbocycles. The van der Waals surface area contributed by atoms with Gasteiger partial charge in [-0.25, -0.2) is 0 Å². The highest BCUT2D eigenvalue weighted by molar-refractivity contribution is 9.10. The topological polar surface area (TPSA) is 80.4 Å². The highest BCUT2D eigenvalue weighted by atomic mass is 79.9. The summed E-state index contributed by atoms with van der Waals surface area (Å²) in [6, 6.07) is 4.94. The summed E-state index contributed by atoms with van der Waals surface area (Å²) in [5.74, 6) is 0.703. The fourth-order valence-corrected chi connectivity index (χ4v) is 2.95. The van der Waals surface area contributed by atoms with Crippen LogP contribution in [0.1, 0.15) is 12.0 Å². The van der Waals surface area contributed by atoms with E-state index >= 15 is 0 Å². The van der Waals surface area contributed by atoms with Gasteiger partial charge in [0.15, 0.2) is 11.5 Å². The molecule has 1 aliphatic heterocycles. The average molecular weight is 414 g/mol. The number of amides is 1. The second kappa shape index (κ2) is 7.27. The summed E-state index contributed by atoms with van der Waals surface area (Å²) in [7, 11) is 0. The first-order valence-electron chi connectivity index (χ1n) is 7.29. The van der Waals surface area contributed by atoms with E-state index in [1.54, 1.807) is 12.1 Å². The van der Waals surface area contributed by atoms with Crippen molar-refractivity contribution < 1.29 is 14.3 Å². The number of H-pyrrole nitrogens is 1. The van der Waals surface area contributed by atoms with Gasteiger partial charge in [0.05, 0.1) is 24.7 Å². The maximum absolute atomic E-state index is 12.2. The Morgan fingerprint density at radius 2 is 2.08 bits per heavy atom. The Kier molecular flexibility index (Phi) is 5.11. The Balaban J connectivity index is 1.77. The lowest BCUT2D eigenvalue weighted by molar-refractivity contribution is -0.115. The lowest BCUT2D eigenvalue weighted by Crippen LogP contribution is -2.21. The molecule has 1 aromatic heterocycles. The molecule has 0 unspecified atom stereocenters. The van der Waals surface area contributed by atoms with E-state index in [1.165, 1.54) is 12.3 Å². The molecule has 8 heteroatoms. The number of fused-ring (bicyclic) bond motifs is 1. The van der Waals surface area contributed by atoms with Crippen molar-refractivity contribution in [2.24, 2.45) is 0 Å². The van der Waals surface area contributed by atoms with Crippen molar-refractivity contribution in [2.75, 3.05) is 18.5 Å². The van der Waals surface area contributed by atoms with Gasteiger partial charge in [-0.15, -0.1) is 0 Å². The van der Waals surface area contributed by atoms with E-state index < -0.39 is 0 Å². The minimum atomic E-state index is -0.372. The van der Waals surface area contributed by atoms with Crippen LogP contribution in [0.4, 0.5) is 5.69 Å². The molecule has 126 valence electrons. The van der Waals surface area contributed by atoms with Gasteiger partial charge >= 0.3 is 0 Å². The Labute approximate surface area is 151 Å². The smallest absolute Gasteiger partial charge is 0.271 e. The van der Waals surface area contributed by atoms with Gasteiger partial charge in [0.25, 0.3) is 5.56 Å². The summed E-state index contributed by atoms with van der Waals surface area (Å²) in [6.07, 6.45) is 2.33. The summed E-state index contributed by atoms with van der Waals surface area (Å²) in [5, 5.41) is 2.98. The molecule has 1 amide bonds. The van der Waals surface area contributed by atoms with Gasteiger partial charge in [0.2, 0.25) is 5.91 Å². The SMILES string of the molecule is O=C(Cc1cc(Cl)c2c(c1)OCCCO2)Nc1cc(Br)c[nH]c1=O. The summed E-state index contributed by atoms with van der Waals surface area (Å²) in [4.78, 5) is 26.4. The predicted octanol–water partition coefficient (Wildman–Crippen LogP) is 3.13. The molecule has 0 radical (unpaired) electrons. The molecule has 2 N–H and O–H groups in total. The number of hydrogen-bond acceptors (Lipinski definition) is 4. The number of anilines is 1. The van der Waals surface area contributed by atoms with Crippen LogP contribution in [0.3, 0.4) is 0 Å². The van der Waals surface area contributed by atoms with E-state index in [-0.39, 0.29) is 23.6 Å². The summed E-state index contributed by atoms with van der Waals surface area (Å²) < 4.78 is 11.8. The van der Waals surface area contributed by atoms with Crippen LogP contribution in [0.2, 0.25) is 5.02 Å². The third kappa shape index (κ3) is 3.91. The zero-order valence-corrected chi connectivity index (χ0v) is 14.9. The zero-order chi connectivity index (χ0) is 17.1. The van der Waals surface area contributed by atoms with E-state index in [4.69, 9.17) is 21.1 Å². The number of carbonyl (C=O) groups is 1. The van der Waals surface area contributed by atoms with Crippen LogP contribution in [0.15, 0.2) is 33.7 Å². The van der Waals surface area contributed by atoms with E-state index in [1.807, 2.05) is 0 Å². The predicted molar refractivity (Wildman–Crippen MR) is 94.2 cm³/mol. The van der Waals surface area contributed by atoms with Crippen LogP contribution in [0.5, 0.6) is 11.5 Å². The van der Waals surface area contributed by atoms with Crippen LogP contribution < -0.4 is 20.3 Å². The fourth-order valence-electron chi connectivity index (χ4n) is 2.32. The molecule has 0 saturated heterocycles. The number of aromatic nitrogens is 1. The minimum absolute atomic E-state index is 0.0579. The van der Waals surface area contributed by atoms with E-state index in [2.05, 4.69) is 26.2 Å². The van der Waals surface area contributed by atoms with Crippen molar-refractivity contribution in [1.82, 2.24) is 4.98 Å². The van der Waals surface area contributed by atoms with Crippen molar-refractivity contribution in [1.29, 1.82) is 0 Å². The number of aromatic amines is 1. The number of ether oxygens (including phenoxy) is 2. The number of pyridine rings is 1. The molecular weight excluding hydrogens is 400 g/mol. The number of benzene rings is 1. The van der Waals surface area contributed by atoms with Crippen molar-refractivity contribution in [2.45, 2.75) is 12.8 Å². The molecule has 0 bridgehead atoms. The van der Waals surface area contributed by atoms with Gasteiger partial charge in [-0.2, -0.15) is 0 Å². The first kappa shape index (κ1) is 16.9. The second-order valence-corrected chi connectivity index (χ2v) is 6.56. The Morgan fingerprint density at radius 3 is 2.92 bits per heavy atom. The lowest BCUT2D eigenvalue weighted by Gasteiger charge is -2.11. The van der Waals surface area contributed by atoms with Gasteiger partial charge in [-0.1, -0.05) is 11.6 Å². The standard InChI is InChI=1S/C16H14BrClN2O4/c17-10-7-12(16(22)19-8-10)20-14(21)6-9-4-11(18)15-13(5-9)23-2-1-3-24-15/h4-5,7-8H,1-3,6H2,(H,19,22)(H,20,21). The third-order valence-corrected chi connectivity index (χ3v) is 4.11. The monoisotopic (exact) mass is 412 g/mol. The number of hydrogen-bond donors (Lipinski definition) is 2. The molecule has 0 aliphatic carbocycles. The number of nitrogens with one attached hydrogen (secondary N) is 2. The average Bonchev–Trinajstić information content (AvgIpc) is 2.76. The fraction of sp³-hybridized carbons (Fsp3) is 0.250. The van der Waals surface area contributed by atoms with Gasteiger partial charge < -0.3 is 19.8 Å². The Hall–Kier alpha value is -1.99. The molecule has 6 nitrogen and oxygen atoms in total. The highest BCUT2D eigenvalue weighted by Crippen LogP contribution is 2.38. The second-order valence-electron chi connectivity index (χ2n) is 5.24. The van der Waals surface area contributed by atoms with Crippen LogP contribution in [-0.4, -0.2) is 24.1 Å². The van der Waals surface area contributed by atoms with Crippen LogP contribution in [0, 0.1) is 0 Å². The van der Waals surface area contributed by atoms with E-state index in [0.29, 0.717) is 39.8 Å². The largest absolute Gasteiger partial charge is 0.489 e. The van der Waals surface area contributed by atoms with Gasteiger partial charge in [-0.05, 0) is 39.7 Å². The van der Waals surface area contributed by atoms with Crippen LogP contribution >= 0.6 is 27.5 Å². The molecule has 0 fully saturated rings. The van der Waals surface area contributed by atoms with E-state index in [9.17, 15) is 9.59 Å². The van der Waals surface area contributed by atoms with Crippen LogP contribution in [0.25, 0.3) is 0 Å². The van der Waals surface area contributed by atoms with Crippen LogP contribution in [-0.2, 0) is 11.2 Å². The molecule has 0 atom stereocenters. The molecule has 2 heterocycles. The molecule has 0 spiro atoms. The van der Waals surface area contributed by atoms with Gasteiger partial charge in [-0.3, -0.25) is 9.59 Å². The summed E-state index contributed by atoms with van der Waals surface area (Å²) in [5.41, 5.74) is 0.478. The van der Waals surface area contributed by atoms with Crippen molar-refractivity contribution >= 4 is 39.1 Å².